The molecule has 5 N–H and O–H groups in total. The molecule has 1 amide bonds. The molecular weight excluding hydrogens is 276 g/mol. The molecule has 0 aromatic carbocycles. The number of hydrogen-bond acceptors (Lipinski definition) is 6. The van der Waals surface area contributed by atoms with Gasteiger partial charge in [-0.05, 0) is 11.5 Å². The number of primary amides is 1. The van der Waals surface area contributed by atoms with Crippen LogP contribution < -0.4 is 16.8 Å². The van der Waals surface area contributed by atoms with Gasteiger partial charge in [0.05, 0.1) is 6.20 Å². The van der Waals surface area contributed by atoms with Crippen molar-refractivity contribution in [2.45, 2.75) is 19.8 Å². The molecule has 110 valence electrons. The number of nitrogens with one attached hydrogen (secondary N) is 2. The maximum Gasteiger partial charge on any atom is 0.271 e. The van der Waals surface area contributed by atoms with Gasteiger partial charge in [0.25, 0.3) is 11.5 Å². The van der Waals surface area contributed by atoms with Crippen LogP contribution in [0.15, 0.2) is 17.1 Å². The summed E-state index contributed by atoms with van der Waals surface area (Å²) in [5, 5.41) is 23.4. The third-order valence-corrected chi connectivity index (χ3v) is 2.87. The molecule has 21 heavy (non-hydrogen) atoms. The van der Waals surface area contributed by atoms with Gasteiger partial charge in [-0.2, -0.15) is 9.83 Å². The summed E-state index contributed by atoms with van der Waals surface area (Å²) in [5.41, 5.74) is 4.87. The Balaban J connectivity index is 2.76. The molecule has 0 aliphatic heterocycles. The first-order chi connectivity index (χ1) is 9.81. The zero-order valence-corrected chi connectivity index (χ0v) is 11.4. The van der Waals surface area contributed by atoms with Crippen molar-refractivity contribution in [2.24, 2.45) is 5.73 Å². The van der Waals surface area contributed by atoms with Crippen molar-refractivity contribution < 1.29 is 10.0 Å². The van der Waals surface area contributed by atoms with Crippen LogP contribution in [0.4, 0.5) is 0 Å². The van der Waals surface area contributed by atoms with E-state index in [1.807, 2.05) is 13.8 Å². The average molecular weight is 290 g/mol. The summed E-state index contributed by atoms with van der Waals surface area (Å²) < 4.78 is 0.430. The van der Waals surface area contributed by atoms with Crippen LogP contribution in [-0.4, -0.2) is 31.0 Å². The molecule has 0 bridgehead atoms. The fourth-order valence-electron chi connectivity index (χ4n) is 1.84. The minimum absolute atomic E-state index is 0.0311. The molecule has 0 aliphatic carbocycles. The predicted molar refractivity (Wildman–Crippen MR) is 71.7 cm³/mol. The summed E-state index contributed by atoms with van der Waals surface area (Å²) in [6, 6.07) is 1.37. The molecule has 0 atom stereocenters. The molecule has 0 saturated heterocycles. The Labute approximate surface area is 118 Å². The highest BCUT2D eigenvalue weighted by Gasteiger charge is 2.17. The molecule has 2 heterocycles. The van der Waals surface area contributed by atoms with Gasteiger partial charge < -0.3 is 10.9 Å². The highest BCUT2D eigenvalue weighted by atomic mass is 16.5. The SMILES string of the molecule is CC(C)c1cc(=O)[nH]nc1-c1cn(O)c(=N)c(C(N)=O)n1. The minimum atomic E-state index is -0.944. The fourth-order valence-corrected chi connectivity index (χ4v) is 1.84. The smallest absolute Gasteiger partial charge is 0.271 e. The van der Waals surface area contributed by atoms with E-state index in [1.54, 1.807) is 0 Å². The van der Waals surface area contributed by atoms with Gasteiger partial charge in [0.1, 0.15) is 11.4 Å². The Morgan fingerprint density at radius 1 is 1.52 bits per heavy atom. The maximum absolute atomic E-state index is 11.4. The number of aromatic amines is 1. The van der Waals surface area contributed by atoms with Crippen molar-refractivity contribution in [1.29, 1.82) is 5.41 Å². The van der Waals surface area contributed by atoms with Crippen molar-refractivity contribution >= 4 is 5.91 Å². The number of aromatic nitrogens is 4. The lowest BCUT2D eigenvalue weighted by Gasteiger charge is -2.11. The van der Waals surface area contributed by atoms with Crippen LogP contribution in [0.2, 0.25) is 0 Å². The zero-order chi connectivity index (χ0) is 15.7. The first-order valence-corrected chi connectivity index (χ1v) is 6.08. The summed E-state index contributed by atoms with van der Waals surface area (Å²) in [6.07, 6.45) is 1.13. The maximum atomic E-state index is 11.4. The zero-order valence-electron chi connectivity index (χ0n) is 11.4. The van der Waals surface area contributed by atoms with Crippen LogP contribution in [0.5, 0.6) is 0 Å². The van der Waals surface area contributed by atoms with Crippen molar-refractivity contribution in [2.75, 3.05) is 0 Å². The molecule has 0 saturated carbocycles. The van der Waals surface area contributed by atoms with E-state index in [2.05, 4.69) is 15.2 Å². The van der Waals surface area contributed by atoms with Crippen LogP contribution in [0.3, 0.4) is 0 Å². The van der Waals surface area contributed by atoms with E-state index in [9.17, 15) is 14.8 Å². The van der Waals surface area contributed by atoms with Crippen LogP contribution >= 0.6 is 0 Å². The van der Waals surface area contributed by atoms with E-state index in [0.717, 1.165) is 6.20 Å². The lowest BCUT2D eigenvalue weighted by atomic mass is 10.0. The number of hydrogen-bond donors (Lipinski definition) is 4. The van der Waals surface area contributed by atoms with Gasteiger partial charge >= 0.3 is 0 Å². The Morgan fingerprint density at radius 2 is 2.19 bits per heavy atom. The Hall–Kier alpha value is -2.97. The van der Waals surface area contributed by atoms with Gasteiger partial charge in [-0.15, -0.1) is 0 Å². The molecule has 0 radical (unpaired) electrons. The van der Waals surface area contributed by atoms with E-state index in [4.69, 9.17) is 11.1 Å². The van der Waals surface area contributed by atoms with E-state index in [-0.39, 0.29) is 17.2 Å². The molecule has 9 heteroatoms. The highest BCUT2D eigenvalue weighted by Crippen LogP contribution is 2.23. The van der Waals surface area contributed by atoms with Crippen LogP contribution in [0.25, 0.3) is 11.4 Å². The monoisotopic (exact) mass is 290 g/mol. The number of nitrogens with zero attached hydrogens (tertiary/aromatic N) is 3. The van der Waals surface area contributed by atoms with E-state index >= 15 is 0 Å². The van der Waals surface area contributed by atoms with E-state index < -0.39 is 17.1 Å². The average Bonchev–Trinajstić information content (AvgIpc) is 2.41. The molecule has 0 fully saturated rings. The highest BCUT2D eigenvalue weighted by molar-refractivity contribution is 5.90. The lowest BCUT2D eigenvalue weighted by molar-refractivity contribution is 0.0983. The third-order valence-electron chi connectivity index (χ3n) is 2.87. The largest absolute Gasteiger partial charge is 0.427 e. The third kappa shape index (κ3) is 2.66. The second-order valence-electron chi connectivity index (χ2n) is 4.72. The van der Waals surface area contributed by atoms with E-state index in [0.29, 0.717) is 16.0 Å². The summed E-state index contributed by atoms with van der Waals surface area (Å²) in [4.78, 5) is 26.6. The second kappa shape index (κ2) is 5.19. The molecular formula is C12H14N6O3. The molecule has 0 spiro atoms. The van der Waals surface area contributed by atoms with Gasteiger partial charge in [0.15, 0.2) is 11.2 Å². The number of amides is 1. The topological polar surface area (TPSA) is 151 Å². The van der Waals surface area contributed by atoms with Crippen molar-refractivity contribution in [1.82, 2.24) is 19.9 Å². The van der Waals surface area contributed by atoms with Gasteiger partial charge in [-0.3, -0.25) is 15.0 Å². The van der Waals surface area contributed by atoms with Crippen LogP contribution in [0, 0.1) is 5.41 Å². The molecule has 2 rings (SSSR count). The first-order valence-electron chi connectivity index (χ1n) is 6.08. The van der Waals surface area contributed by atoms with Crippen molar-refractivity contribution in [3.63, 3.8) is 0 Å². The summed E-state index contributed by atoms with van der Waals surface area (Å²) in [7, 11) is 0. The van der Waals surface area contributed by atoms with Gasteiger partial charge in [-0.25, -0.2) is 10.1 Å². The number of nitrogens with two attached hydrogens (primary N) is 1. The molecule has 0 aliphatic rings. The van der Waals surface area contributed by atoms with Gasteiger partial charge in [0, 0.05) is 6.07 Å². The number of carbonyl (C=O) groups excluding carboxylic acids is 1. The quantitative estimate of drug-likeness (QED) is 0.565. The number of rotatable bonds is 3. The molecule has 2 aromatic rings. The first kappa shape index (κ1) is 14.4. The fraction of sp³-hybridized carbons (Fsp3) is 0.250. The lowest BCUT2D eigenvalue weighted by Crippen LogP contribution is -2.31. The molecule has 9 nitrogen and oxygen atoms in total. The Morgan fingerprint density at radius 3 is 2.76 bits per heavy atom. The summed E-state index contributed by atoms with van der Waals surface area (Å²) >= 11 is 0. The van der Waals surface area contributed by atoms with Crippen LogP contribution in [0.1, 0.15) is 35.8 Å². The Bertz CT molecular complexity index is 820. The minimum Gasteiger partial charge on any atom is -0.427 e. The van der Waals surface area contributed by atoms with Gasteiger partial charge in [0.2, 0.25) is 0 Å². The number of carbonyl (C=O) groups is 1. The number of H-pyrrole nitrogens is 1. The van der Waals surface area contributed by atoms with Gasteiger partial charge in [-0.1, -0.05) is 13.8 Å². The van der Waals surface area contributed by atoms with Crippen molar-refractivity contribution in [3.8, 4) is 11.4 Å². The molecule has 0 unspecified atom stereocenters. The summed E-state index contributed by atoms with van der Waals surface area (Å²) in [6.45, 7) is 3.72. The van der Waals surface area contributed by atoms with Crippen molar-refractivity contribution in [3.05, 3.63) is 39.4 Å². The predicted octanol–water partition coefficient (Wildman–Crippen LogP) is -0.428. The summed E-state index contributed by atoms with van der Waals surface area (Å²) in [5.74, 6) is -0.975. The molecule has 2 aromatic heterocycles. The Kier molecular flexibility index (Phi) is 3.57. The van der Waals surface area contributed by atoms with Crippen LogP contribution in [-0.2, 0) is 0 Å². The second-order valence-corrected chi connectivity index (χ2v) is 4.72. The normalized spacial score (nSPS) is 10.8. The standard InChI is InChI=1S/C12H14N6O3/c1-5(2)6-3-8(19)16-17-9(6)7-4-18(21)11(13)10(15-7)12(14)20/h3-5,13,21H,1-2H3,(H2,14,20)(H,16,19). The van der Waals surface area contributed by atoms with E-state index in [1.165, 1.54) is 6.07 Å².